The molecule has 0 spiro atoms. The number of nitrogens with one attached hydrogen (secondary N) is 1. The van der Waals surface area contributed by atoms with Gasteiger partial charge in [-0.25, -0.2) is 4.79 Å². The lowest BCUT2D eigenvalue weighted by atomic mass is 10.1. The van der Waals surface area contributed by atoms with Crippen LogP contribution in [0.3, 0.4) is 0 Å². The monoisotopic (exact) mass is 312 g/mol. The number of carbonyl (C=O) groups is 1. The summed E-state index contributed by atoms with van der Waals surface area (Å²) in [6.07, 6.45) is 0.323. The molecule has 0 aliphatic carbocycles. The van der Waals surface area contributed by atoms with Crippen LogP contribution >= 0.6 is 15.9 Å². The summed E-state index contributed by atoms with van der Waals surface area (Å²) < 4.78 is 5.64. The standard InChI is InChI=1S/C12H13BrN2O3/c1-18-5-4-10(12(16)17)15-11-6-9(13)3-2-8(11)7-14/h2-3,6,10,15H,4-5H2,1H3,(H,16,17). The number of nitrogens with zero attached hydrogens (tertiary/aromatic N) is 1. The minimum atomic E-state index is -0.976. The number of aliphatic carboxylic acids is 1. The van der Waals surface area contributed by atoms with Crippen molar-refractivity contribution >= 4 is 27.6 Å². The Bertz CT molecular complexity index is 471. The average Bonchev–Trinajstić information content (AvgIpc) is 2.34. The molecule has 0 aromatic heterocycles. The Hall–Kier alpha value is -1.58. The minimum absolute atomic E-state index is 0.323. The van der Waals surface area contributed by atoms with E-state index in [0.29, 0.717) is 24.3 Å². The van der Waals surface area contributed by atoms with Crippen LogP contribution in [0, 0.1) is 11.3 Å². The molecule has 1 atom stereocenters. The number of hydrogen-bond acceptors (Lipinski definition) is 4. The van der Waals surface area contributed by atoms with Crippen LogP contribution < -0.4 is 5.32 Å². The van der Waals surface area contributed by atoms with Gasteiger partial charge in [-0.05, 0) is 18.2 Å². The van der Waals surface area contributed by atoms with Crippen LogP contribution in [0.5, 0.6) is 0 Å². The first kappa shape index (κ1) is 14.5. The Morgan fingerprint density at radius 3 is 2.94 bits per heavy atom. The van der Waals surface area contributed by atoms with Gasteiger partial charge < -0.3 is 15.2 Å². The van der Waals surface area contributed by atoms with Gasteiger partial charge >= 0.3 is 5.97 Å². The van der Waals surface area contributed by atoms with Crippen LogP contribution in [-0.2, 0) is 9.53 Å². The van der Waals surface area contributed by atoms with Crippen molar-refractivity contribution in [2.75, 3.05) is 19.0 Å². The number of carboxylic acids is 1. The molecule has 0 saturated carbocycles. The van der Waals surface area contributed by atoms with Crippen molar-refractivity contribution in [2.24, 2.45) is 0 Å². The van der Waals surface area contributed by atoms with Crippen molar-refractivity contribution < 1.29 is 14.6 Å². The van der Waals surface area contributed by atoms with E-state index in [0.717, 1.165) is 4.47 Å². The summed E-state index contributed by atoms with van der Waals surface area (Å²) in [7, 11) is 1.51. The molecule has 1 unspecified atom stereocenters. The predicted molar refractivity (Wildman–Crippen MR) is 70.4 cm³/mol. The van der Waals surface area contributed by atoms with Crippen LogP contribution in [0.4, 0.5) is 5.69 Å². The highest BCUT2D eigenvalue weighted by atomic mass is 79.9. The third kappa shape index (κ3) is 4.02. The van der Waals surface area contributed by atoms with Crippen molar-refractivity contribution in [2.45, 2.75) is 12.5 Å². The number of ether oxygens (including phenoxy) is 1. The fourth-order valence-electron chi connectivity index (χ4n) is 1.41. The maximum Gasteiger partial charge on any atom is 0.326 e. The summed E-state index contributed by atoms with van der Waals surface area (Å²) in [5.41, 5.74) is 0.900. The third-order valence-electron chi connectivity index (χ3n) is 2.34. The second-order valence-corrected chi connectivity index (χ2v) is 4.53. The van der Waals surface area contributed by atoms with E-state index in [1.165, 1.54) is 7.11 Å². The zero-order valence-electron chi connectivity index (χ0n) is 9.81. The van der Waals surface area contributed by atoms with E-state index >= 15 is 0 Å². The first-order valence-corrected chi connectivity index (χ1v) is 6.05. The number of benzene rings is 1. The van der Waals surface area contributed by atoms with E-state index in [1.807, 2.05) is 6.07 Å². The number of methoxy groups -OCH3 is 1. The molecular weight excluding hydrogens is 300 g/mol. The zero-order valence-corrected chi connectivity index (χ0v) is 11.4. The Morgan fingerprint density at radius 1 is 1.67 bits per heavy atom. The number of nitriles is 1. The number of anilines is 1. The lowest BCUT2D eigenvalue weighted by molar-refractivity contribution is -0.138. The molecule has 0 amide bonds. The van der Waals surface area contributed by atoms with Crippen molar-refractivity contribution in [1.82, 2.24) is 0 Å². The van der Waals surface area contributed by atoms with Gasteiger partial charge in [0, 0.05) is 24.6 Å². The minimum Gasteiger partial charge on any atom is -0.480 e. The Balaban J connectivity index is 2.89. The van der Waals surface area contributed by atoms with E-state index < -0.39 is 12.0 Å². The predicted octanol–water partition coefficient (Wildman–Crippen LogP) is 2.22. The van der Waals surface area contributed by atoms with E-state index in [2.05, 4.69) is 21.2 Å². The number of halogens is 1. The van der Waals surface area contributed by atoms with E-state index in [1.54, 1.807) is 18.2 Å². The van der Waals surface area contributed by atoms with E-state index in [9.17, 15) is 4.79 Å². The molecule has 6 heteroatoms. The smallest absolute Gasteiger partial charge is 0.326 e. The van der Waals surface area contributed by atoms with Crippen LogP contribution in [0.2, 0.25) is 0 Å². The van der Waals surface area contributed by atoms with Gasteiger partial charge in [-0.2, -0.15) is 5.26 Å². The molecule has 0 radical (unpaired) electrons. The molecule has 0 fully saturated rings. The highest BCUT2D eigenvalue weighted by Gasteiger charge is 2.18. The fourth-order valence-corrected chi connectivity index (χ4v) is 1.78. The first-order chi connectivity index (χ1) is 8.58. The highest BCUT2D eigenvalue weighted by molar-refractivity contribution is 9.10. The summed E-state index contributed by atoms with van der Waals surface area (Å²) in [4.78, 5) is 11.1. The topological polar surface area (TPSA) is 82.3 Å². The molecule has 0 aliphatic rings. The van der Waals surface area contributed by atoms with Gasteiger partial charge in [0.15, 0.2) is 0 Å². The molecular formula is C12H13BrN2O3. The normalized spacial score (nSPS) is 11.6. The molecule has 0 heterocycles. The van der Waals surface area contributed by atoms with Gasteiger partial charge in [-0.15, -0.1) is 0 Å². The van der Waals surface area contributed by atoms with E-state index in [4.69, 9.17) is 15.1 Å². The highest BCUT2D eigenvalue weighted by Crippen LogP contribution is 2.22. The summed E-state index contributed by atoms with van der Waals surface area (Å²) >= 11 is 3.28. The first-order valence-electron chi connectivity index (χ1n) is 5.26. The SMILES string of the molecule is COCCC(Nc1cc(Br)ccc1C#N)C(=O)O. The number of hydrogen-bond donors (Lipinski definition) is 2. The molecule has 0 bridgehead atoms. The second kappa shape index (κ2) is 6.99. The summed E-state index contributed by atoms with van der Waals surface area (Å²) in [6.45, 7) is 0.333. The number of carboxylic acid groups (broad SMARTS) is 1. The maximum atomic E-state index is 11.1. The fraction of sp³-hybridized carbons (Fsp3) is 0.333. The molecule has 1 aromatic carbocycles. The van der Waals surface area contributed by atoms with Crippen molar-refractivity contribution in [3.63, 3.8) is 0 Å². The van der Waals surface area contributed by atoms with Gasteiger partial charge in [0.05, 0.1) is 11.3 Å². The molecule has 96 valence electrons. The maximum absolute atomic E-state index is 11.1. The van der Waals surface area contributed by atoms with Gasteiger partial charge in [0.2, 0.25) is 0 Å². The number of rotatable bonds is 6. The molecule has 1 rings (SSSR count). The molecule has 18 heavy (non-hydrogen) atoms. The van der Waals surface area contributed by atoms with Gasteiger partial charge in [-0.1, -0.05) is 15.9 Å². The summed E-state index contributed by atoms with van der Waals surface area (Å²) in [5.74, 6) is -0.976. The lowest BCUT2D eigenvalue weighted by Crippen LogP contribution is -2.30. The third-order valence-corrected chi connectivity index (χ3v) is 2.83. The Morgan fingerprint density at radius 2 is 2.39 bits per heavy atom. The molecule has 0 saturated heterocycles. The van der Waals surface area contributed by atoms with Gasteiger partial charge in [0.1, 0.15) is 12.1 Å². The quantitative estimate of drug-likeness (QED) is 0.841. The van der Waals surface area contributed by atoms with Crippen molar-refractivity contribution in [3.8, 4) is 6.07 Å². The van der Waals surface area contributed by atoms with Crippen molar-refractivity contribution in [1.29, 1.82) is 5.26 Å². The molecule has 1 aromatic rings. The summed E-state index contributed by atoms with van der Waals surface area (Å²) in [5, 5.41) is 20.9. The van der Waals surface area contributed by atoms with Gasteiger partial charge in [0.25, 0.3) is 0 Å². The summed E-state index contributed by atoms with van der Waals surface area (Å²) in [6, 6.07) is 6.27. The van der Waals surface area contributed by atoms with Crippen molar-refractivity contribution in [3.05, 3.63) is 28.2 Å². The zero-order chi connectivity index (χ0) is 13.5. The molecule has 5 nitrogen and oxygen atoms in total. The largest absolute Gasteiger partial charge is 0.480 e. The van der Waals surface area contributed by atoms with E-state index in [-0.39, 0.29) is 0 Å². The molecule has 0 aliphatic heterocycles. The average molecular weight is 313 g/mol. The Kier molecular flexibility index (Phi) is 5.62. The van der Waals surface area contributed by atoms with Crippen LogP contribution in [0.25, 0.3) is 0 Å². The van der Waals surface area contributed by atoms with Gasteiger partial charge in [-0.3, -0.25) is 0 Å². The van der Waals surface area contributed by atoms with Crippen LogP contribution in [0.1, 0.15) is 12.0 Å². The molecule has 2 N–H and O–H groups in total. The van der Waals surface area contributed by atoms with Crippen LogP contribution in [0.15, 0.2) is 22.7 Å². The second-order valence-electron chi connectivity index (χ2n) is 3.62. The Labute approximate surface area is 114 Å². The lowest BCUT2D eigenvalue weighted by Gasteiger charge is -2.16. The van der Waals surface area contributed by atoms with Crippen LogP contribution in [-0.4, -0.2) is 30.8 Å².